The van der Waals surface area contributed by atoms with Gasteiger partial charge >= 0.3 is 5.97 Å². The molecule has 32 heavy (non-hydrogen) atoms. The monoisotopic (exact) mass is 450 g/mol. The fourth-order valence-electron chi connectivity index (χ4n) is 2.11. The first-order valence-electron chi connectivity index (χ1n) is 9.77. The molecule has 2 heterocycles. The molecule has 2 atom stereocenters. The lowest BCUT2D eigenvalue weighted by Gasteiger charge is -2.18. The first kappa shape index (κ1) is 26.5. The second-order valence-electron chi connectivity index (χ2n) is 7.57. The van der Waals surface area contributed by atoms with Crippen LogP contribution in [0, 0.1) is 0 Å². The topological polar surface area (TPSA) is 123 Å². The quantitative estimate of drug-likeness (QED) is 0.238. The van der Waals surface area contributed by atoms with E-state index in [1.807, 2.05) is 34.6 Å². The number of esters is 1. The Labute approximate surface area is 187 Å². The molecule has 0 aromatic carbocycles. The minimum absolute atomic E-state index is 0.0219. The largest absolute Gasteiger partial charge is 0.479 e. The smallest absolute Gasteiger partial charge is 0.330 e. The molecule has 0 saturated carbocycles. The molecule has 0 amide bonds. The molecule has 0 fully saturated rings. The Bertz CT molecular complexity index is 892. The van der Waals surface area contributed by atoms with Gasteiger partial charge in [0.2, 0.25) is 0 Å². The summed E-state index contributed by atoms with van der Waals surface area (Å²) in [5.41, 5.74) is -0.486. The Morgan fingerprint density at radius 1 is 0.969 bits per heavy atom. The Balaban J connectivity index is 0.000000330. The zero-order chi connectivity index (χ0) is 24.1. The van der Waals surface area contributed by atoms with Crippen LogP contribution < -0.4 is 9.47 Å². The van der Waals surface area contributed by atoms with Crippen molar-refractivity contribution in [1.29, 1.82) is 0 Å². The number of methoxy groups -OCH3 is 2. The van der Waals surface area contributed by atoms with E-state index in [0.29, 0.717) is 29.8 Å². The van der Waals surface area contributed by atoms with Gasteiger partial charge in [-0.25, -0.2) is 4.79 Å². The maximum absolute atomic E-state index is 11.5. The number of carbonyl (C=O) groups excluding carboxylic acids is 2. The molecule has 0 N–H and O–H groups in total. The van der Waals surface area contributed by atoms with Crippen molar-refractivity contribution in [3.8, 4) is 11.8 Å². The van der Waals surface area contributed by atoms with Crippen LogP contribution in [0.4, 0.5) is 0 Å². The highest BCUT2D eigenvalue weighted by Crippen LogP contribution is 2.22. The summed E-state index contributed by atoms with van der Waals surface area (Å²) in [6.07, 6.45) is 6.07. The van der Waals surface area contributed by atoms with Crippen LogP contribution in [0.25, 0.3) is 0 Å². The lowest BCUT2D eigenvalue weighted by Crippen LogP contribution is -2.22. The van der Waals surface area contributed by atoms with E-state index in [4.69, 9.17) is 23.3 Å². The Kier molecular flexibility index (Phi) is 10.7. The van der Waals surface area contributed by atoms with Crippen molar-refractivity contribution in [2.45, 2.75) is 52.1 Å². The number of allylic oxidation sites excluding steroid dienone is 2. The number of carbonyl (C=O) groups is 2. The van der Waals surface area contributed by atoms with E-state index in [0.717, 1.165) is 0 Å². The summed E-state index contributed by atoms with van der Waals surface area (Å²) < 4.78 is 29.4. The normalized spacial score (nSPS) is 13.2. The SMILES string of the molecule is COc1cc(C(C)/C=C\C(=O)OC(C)(C)C)on1.COc1cc(C(C)/C=C\OC=O)on1. The molecule has 0 aliphatic rings. The van der Waals surface area contributed by atoms with E-state index < -0.39 is 5.60 Å². The molecule has 10 heteroatoms. The number of ether oxygens (including phenoxy) is 4. The molecule has 0 saturated heterocycles. The third-order valence-electron chi connectivity index (χ3n) is 3.76. The van der Waals surface area contributed by atoms with Crippen molar-refractivity contribution in [2.24, 2.45) is 0 Å². The van der Waals surface area contributed by atoms with Gasteiger partial charge in [-0.15, -0.1) is 0 Å². The molecule has 0 spiro atoms. The summed E-state index contributed by atoms with van der Waals surface area (Å²) in [5, 5.41) is 7.34. The third-order valence-corrected chi connectivity index (χ3v) is 3.76. The van der Waals surface area contributed by atoms with Crippen LogP contribution in [0.3, 0.4) is 0 Å². The zero-order valence-corrected chi connectivity index (χ0v) is 19.4. The van der Waals surface area contributed by atoms with E-state index in [-0.39, 0.29) is 17.8 Å². The van der Waals surface area contributed by atoms with Gasteiger partial charge in [0.1, 0.15) is 17.1 Å². The maximum Gasteiger partial charge on any atom is 0.330 e. The van der Waals surface area contributed by atoms with Gasteiger partial charge in [0.25, 0.3) is 18.2 Å². The minimum Gasteiger partial charge on any atom is -0.479 e. The van der Waals surface area contributed by atoms with E-state index in [2.05, 4.69) is 15.1 Å². The Hall–Kier alpha value is -3.56. The van der Waals surface area contributed by atoms with Gasteiger partial charge in [0.15, 0.2) is 0 Å². The molecule has 10 nitrogen and oxygen atoms in total. The standard InChI is InChI=1S/C13H19NO4.C9H11NO4/c1-9(10-8-11(16-5)14-18-10)6-7-12(15)17-13(2,3)4;1-7(3-4-13-6-11)8-5-9(12-2)10-14-8/h6-9H,1-5H3;3-7H,1-2H3/b7-6-;4-3-. The van der Waals surface area contributed by atoms with E-state index in [1.54, 1.807) is 24.3 Å². The highest BCUT2D eigenvalue weighted by molar-refractivity contribution is 5.82. The summed E-state index contributed by atoms with van der Waals surface area (Å²) in [6.45, 7) is 9.59. The van der Waals surface area contributed by atoms with Gasteiger partial charge in [-0.1, -0.05) is 19.9 Å². The zero-order valence-electron chi connectivity index (χ0n) is 19.4. The van der Waals surface area contributed by atoms with Gasteiger partial charge in [0.05, 0.1) is 20.5 Å². The van der Waals surface area contributed by atoms with Crippen LogP contribution in [-0.2, 0) is 19.1 Å². The lowest BCUT2D eigenvalue weighted by atomic mass is 10.1. The Morgan fingerprint density at radius 2 is 1.47 bits per heavy atom. The molecule has 176 valence electrons. The van der Waals surface area contributed by atoms with Crippen LogP contribution in [0.2, 0.25) is 0 Å². The second kappa shape index (κ2) is 13.0. The van der Waals surface area contributed by atoms with Gasteiger partial charge in [-0.05, 0) is 37.2 Å². The third kappa shape index (κ3) is 9.96. The second-order valence-corrected chi connectivity index (χ2v) is 7.57. The van der Waals surface area contributed by atoms with Crippen molar-refractivity contribution in [3.05, 3.63) is 48.1 Å². The van der Waals surface area contributed by atoms with Gasteiger partial charge in [-0.2, -0.15) is 0 Å². The first-order chi connectivity index (χ1) is 15.1. The van der Waals surface area contributed by atoms with Gasteiger partial charge in [0, 0.05) is 30.0 Å². The maximum atomic E-state index is 11.5. The lowest BCUT2D eigenvalue weighted by molar-refractivity contribution is -0.148. The summed E-state index contributed by atoms with van der Waals surface area (Å²) in [7, 11) is 3.03. The van der Waals surface area contributed by atoms with Crippen LogP contribution in [0.5, 0.6) is 11.8 Å². The van der Waals surface area contributed by atoms with E-state index in [1.165, 1.54) is 26.6 Å². The molecule has 0 aliphatic carbocycles. The highest BCUT2D eigenvalue weighted by Gasteiger charge is 2.15. The molecule has 2 unspecified atom stereocenters. The molecule has 0 bridgehead atoms. The van der Waals surface area contributed by atoms with Gasteiger partial charge in [-0.3, -0.25) is 4.79 Å². The van der Waals surface area contributed by atoms with Crippen molar-refractivity contribution >= 4 is 12.4 Å². The molecule has 2 aromatic heterocycles. The summed E-state index contributed by atoms with van der Waals surface area (Å²) in [6, 6.07) is 3.36. The van der Waals surface area contributed by atoms with E-state index >= 15 is 0 Å². The number of hydrogen-bond donors (Lipinski definition) is 0. The molecule has 0 aliphatic heterocycles. The van der Waals surface area contributed by atoms with Gasteiger partial charge < -0.3 is 28.0 Å². The Morgan fingerprint density at radius 3 is 1.88 bits per heavy atom. The fraction of sp³-hybridized carbons (Fsp3) is 0.455. The number of rotatable bonds is 9. The minimum atomic E-state index is -0.486. The van der Waals surface area contributed by atoms with Crippen molar-refractivity contribution in [2.75, 3.05) is 14.2 Å². The molecule has 0 radical (unpaired) electrons. The number of aromatic nitrogens is 2. The van der Waals surface area contributed by atoms with Crippen LogP contribution in [-0.4, -0.2) is 42.6 Å². The molecule has 2 aromatic rings. The van der Waals surface area contributed by atoms with Crippen LogP contribution in [0.1, 0.15) is 58.0 Å². The molecular formula is C22H30N2O8. The molecular weight excluding hydrogens is 420 g/mol. The average Bonchev–Trinajstić information content (AvgIpc) is 3.41. The van der Waals surface area contributed by atoms with Crippen LogP contribution >= 0.6 is 0 Å². The fourth-order valence-corrected chi connectivity index (χ4v) is 2.11. The highest BCUT2D eigenvalue weighted by atomic mass is 16.6. The van der Waals surface area contributed by atoms with Crippen LogP contribution in [0.15, 0.2) is 45.7 Å². The predicted octanol–water partition coefficient (Wildman–Crippen LogP) is 4.16. The number of nitrogens with zero attached hydrogens (tertiary/aromatic N) is 2. The van der Waals surface area contributed by atoms with Crippen molar-refractivity contribution < 1.29 is 37.6 Å². The summed E-state index contributed by atoms with van der Waals surface area (Å²) in [5.74, 6) is 1.65. The molecule has 2 rings (SSSR count). The average molecular weight is 450 g/mol. The summed E-state index contributed by atoms with van der Waals surface area (Å²) >= 11 is 0. The number of hydrogen-bond acceptors (Lipinski definition) is 10. The summed E-state index contributed by atoms with van der Waals surface area (Å²) in [4.78, 5) is 21.3. The first-order valence-corrected chi connectivity index (χ1v) is 9.77. The van der Waals surface area contributed by atoms with Crippen molar-refractivity contribution in [3.63, 3.8) is 0 Å². The predicted molar refractivity (Wildman–Crippen MR) is 114 cm³/mol. The van der Waals surface area contributed by atoms with Crippen molar-refractivity contribution in [1.82, 2.24) is 10.3 Å². The van der Waals surface area contributed by atoms with E-state index in [9.17, 15) is 9.59 Å².